The molecule has 1 amide bonds. The zero-order valence-corrected chi connectivity index (χ0v) is 13.6. The molecule has 0 atom stereocenters. The van der Waals surface area contributed by atoms with Crippen molar-refractivity contribution in [2.75, 3.05) is 11.9 Å². The number of benzene rings is 1. The normalized spacial score (nSPS) is 10.9. The van der Waals surface area contributed by atoms with Crippen LogP contribution < -0.4 is 5.32 Å². The summed E-state index contributed by atoms with van der Waals surface area (Å²) in [7, 11) is 0. The van der Waals surface area contributed by atoms with E-state index in [1.54, 1.807) is 18.2 Å². The summed E-state index contributed by atoms with van der Waals surface area (Å²) in [5.41, 5.74) is 1.30. The number of carbonyl (C=O) groups excluding carboxylic acids is 2. The highest BCUT2D eigenvalue weighted by molar-refractivity contribution is 6.30. The monoisotopic (exact) mass is 357 g/mol. The van der Waals surface area contributed by atoms with Crippen molar-refractivity contribution < 1.29 is 18.7 Å². The van der Waals surface area contributed by atoms with Crippen LogP contribution in [0.15, 0.2) is 53.1 Å². The van der Waals surface area contributed by atoms with Crippen molar-refractivity contribution in [1.82, 2.24) is 9.97 Å². The van der Waals surface area contributed by atoms with Gasteiger partial charge in [0, 0.05) is 18.3 Å². The van der Waals surface area contributed by atoms with Crippen molar-refractivity contribution in [3.8, 4) is 0 Å². The molecule has 0 unspecified atom stereocenters. The molecule has 1 N–H and O–H groups in total. The number of aromatic nitrogens is 2. The lowest BCUT2D eigenvalue weighted by atomic mass is 10.3. The van der Waals surface area contributed by atoms with Crippen molar-refractivity contribution in [2.24, 2.45) is 0 Å². The Hall–Kier alpha value is -3.19. The van der Waals surface area contributed by atoms with Gasteiger partial charge >= 0.3 is 5.97 Å². The summed E-state index contributed by atoms with van der Waals surface area (Å²) in [5.74, 6) is -0.625. The van der Waals surface area contributed by atoms with Crippen LogP contribution in [0.2, 0.25) is 5.02 Å². The zero-order valence-electron chi connectivity index (χ0n) is 12.8. The maximum Gasteiger partial charge on any atom is 0.331 e. The van der Waals surface area contributed by atoms with E-state index in [4.69, 9.17) is 20.8 Å². The van der Waals surface area contributed by atoms with Crippen LogP contribution in [0.5, 0.6) is 0 Å². The summed E-state index contributed by atoms with van der Waals surface area (Å²) in [6, 6.07) is 10.3. The molecule has 8 heteroatoms. The van der Waals surface area contributed by atoms with Gasteiger partial charge in [-0.25, -0.2) is 14.8 Å². The van der Waals surface area contributed by atoms with Crippen molar-refractivity contribution in [2.45, 2.75) is 0 Å². The molecule has 1 aromatic carbocycles. The lowest BCUT2D eigenvalue weighted by molar-refractivity contribution is -0.142. The average molecular weight is 358 g/mol. The molecule has 126 valence electrons. The maximum atomic E-state index is 11.7. The third-order valence-corrected chi connectivity index (χ3v) is 3.24. The van der Waals surface area contributed by atoms with Crippen molar-refractivity contribution >= 4 is 46.5 Å². The lowest BCUT2D eigenvalue weighted by Crippen LogP contribution is -2.20. The van der Waals surface area contributed by atoms with E-state index in [1.165, 1.54) is 18.3 Å². The number of amides is 1. The molecule has 3 aromatic rings. The molecule has 3 rings (SSSR count). The van der Waals surface area contributed by atoms with Crippen LogP contribution in [0.4, 0.5) is 5.82 Å². The number of hydrogen-bond acceptors (Lipinski definition) is 6. The smallest absolute Gasteiger partial charge is 0.331 e. The van der Waals surface area contributed by atoms with E-state index in [0.717, 1.165) is 6.08 Å². The average Bonchev–Trinajstić information content (AvgIpc) is 3.03. The molecule has 0 spiro atoms. The SMILES string of the molecule is O=C(COC(=O)/C=C/c1nc2ccccc2o1)Nc1ccc(Cl)cn1. The van der Waals surface area contributed by atoms with Crippen LogP contribution in [-0.4, -0.2) is 28.5 Å². The van der Waals surface area contributed by atoms with E-state index >= 15 is 0 Å². The number of pyridine rings is 1. The van der Waals surface area contributed by atoms with Crippen LogP contribution in [-0.2, 0) is 14.3 Å². The Labute approximate surface area is 147 Å². The van der Waals surface area contributed by atoms with Gasteiger partial charge in [0.25, 0.3) is 5.91 Å². The summed E-state index contributed by atoms with van der Waals surface area (Å²) >= 11 is 5.70. The van der Waals surface area contributed by atoms with Crippen molar-refractivity contribution in [3.05, 3.63) is 59.6 Å². The predicted molar refractivity (Wildman–Crippen MR) is 91.9 cm³/mol. The number of carbonyl (C=O) groups is 2. The van der Waals surface area contributed by atoms with Crippen molar-refractivity contribution in [3.63, 3.8) is 0 Å². The lowest BCUT2D eigenvalue weighted by Gasteiger charge is -2.04. The number of para-hydroxylation sites is 2. The van der Waals surface area contributed by atoms with Gasteiger partial charge in [-0.1, -0.05) is 23.7 Å². The summed E-state index contributed by atoms with van der Waals surface area (Å²) in [4.78, 5) is 31.4. The molecule has 0 saturated carbocycles. The highest BCUT2D eigenvalue weighted by Gasteiger charge is 2.07. The van der Waals surface area contributed by atoms with Crippen LogP contribution >= 0.6 is 11.6 Å². The third-order valence-electron chi connectivity index (χ3n) is 3.01. The van der Waals surface area contributed by atoms with Crippen LogP contribution in [0.3, 0.4) is 0 Å². The number of ether oxygens (including phenoxy) is 1. The van der Waals surface area contributed by atoms with Gasteiger partial charge in [-0.3, -0.25) is 4.79 Å². The minimum atomic E-state index is -0.693. The minimum absolute atomic E-state index is 0.271. The van der Waals surface area contributed by atoms with Gasteiger partial charge in [0.05, 0.1) is 5.02 Å². The summed E-state index contributed by atoms with van der Waals surface area (Å²) in [6.07, 6.45) is 3.91. The molecule has 7 nitrogen and oxygen atoms in total. The van der Waals surface area contributed by atoms with Gasteiger partial charge in [-0.05, 0) is 24.3 Å². The molecule has 0 aliphatic heterocycles. The Morgan fingerprint density at radius 1 is 1.24 bits per heavy atom. The topological polar surface area (TPSA) is 94.3 Å². The molecular weight excluding hydrogens is 346 g/mol. The summed E-state index contributed by atoms with van der Waals surface area (Å²) in [5, 5.41) is 2.93. The van der Waals surface area contributed by atoms with Gasteiger partial charge in [-0.2, -0.15) is 0 Å². The summed E-state index contributed by atoms with van der Waals surface area (Å²) in [6.45, 7) is -0.443. The standard InChI is InChI=1S/C17H12ClN3O4/c18-11-5-6-14(19-9-11)21-15(22)10-24-17(23)8-7-16-20-12-3-1-2-4-13(12)25-16/h1-9H,10H2,(H,19,21,22)/b8-7+. The highest BCUT2D eigenvalue weighted by atomic mass is 35.5. The Bertz CT molecular complexity index is 901. The number of esters is 1. The van der Waals surface area contributed by atoms with E-state index < -0.39 is 18.5 Å². The van der Waals surface area contributed by atoms with E-state index in [1.807, 2.05) is 12.1 Å². The quantitative estimate of drug-likeness (QED) is 0.557. The molecule has 25 heavy (non-hydrogen) atoms. The highest BCUT2D eigenvalue weighted by Crippen LogP contribution is 2.15. The second-order valence-electron chi connectivity index (χ2n) is 4.87. The third kappa shape index (κ3) is 4.65. The van der Waals surface area contributed by atoms with E-state index in [-0.39, 0.29) is 5.89 Å². The van der Waals surface area contributed by atoms with E-state index in [9.17, 15) is 9.59 Å². The second kappa shape index (κ2) is 7.59. The largest absolute Gasteiger partial charge is 0.452 e. The molecular formula is C17H12ClN3O4. The molecule has 0 fully saturated rings. The predicted octanol–water partition coefficient (Wildman–Crippen LogP) is 3.07. The molecule has 0 aliphatic carbocycles. The first-order valence-electron chi connectivity index (χ1n) is 7.22. The first-order valence-corrected chi connectivity index (χ1v) is 7.60. The molecule has 0 aliphatic rings. The Morgan fingerprint density at radius 3 is 2.84 bits per heavy atom. The van der Waals surface area contributed by atoms with E-state index in [2.05, 4.69) is 15.3 Å². The number of hydrogen-bond donors (Lipinski definition) is 1. The fourth-order valence-electron chi connectivity index (χ4n) is 1.91. The molecule has 2 heterocycles. The van der Waals surface area contributed by atoms with E-state index in [0.29, 0.717) is 21.9 Å². The van der Waals surface area contributed by atoms with Gasteiger partial charge < -0.3 is 14.5 Å². The first-order chi connectivity index (χ1) is 12.1. The van der Waals surface area contributed by atoms with Crippen LogP contribution in [0.1, 0.15) is 5.89 Å². The summed E-state index contributed by atoms with van der Waals surface area (Å²) < 4.78 is 10.3. The molecule has 2 aromatic heterocycles. The molecule has 0 saturated heterocycles. The number of halogens is 1. The Morgan fingerprint density at radius 2 is 2.08 bits per heavy atom. The first kappa shape index (κ1) is 16.7. The minimum Gasteiger partial charge on any atom is -0.452 e. The fraction of sp³-hybridized carbons (Fsp3) is 0.0588. The second-order valence-corrected chi connectivity index (χ2v) is 5.31. The maximum absolute atomic E-state index is 11.7. The Kier molecular flexibility index (Phi) is 5.06. The molecule has 0 radical (unpaired) electrons. The fourth-order valence-corrected chi connectivity index (χ4v) is 2.03. The number of oxazole rings is 1. The van der Waals surface area contributed by atoms with Crippen LogP contribution in [0.25, 0.3) is 17.2 Å². The number of rotatable bonds is 5. The number of nitrogens with one attached hydrogen (secondary N) is 1. The Balaban J connectivity index is 1.50. The number of nitrogens with zero attached hydrogens (tertiary/aromatic N) is 2. The zero-order chi connectivity index (χ0) is 17.6. The molecule has 0 bridgehead atoms. The number of anilines is 1. The number of fused-ring (bicyclic) bond motifs is 1. The van der Waals surface area contributed by atoms with Crippen LogP contribution in [0, 0.1) is 0 Å². The van der Waals surface area contributed by atoms with Gasteiger partial charge in [0.15, 0.2) is 12.2 Å². The van der Waals surface area contributed by atoms with Gasteiger partial charge in [-0.15, -0.1) is 0 Å². The van der Waals surface area contributed by atoms with Gasteiger partial charge in [0.1, 0.15) is 11.3 Å². The van der Waals surface area contributed by atoms with Gasteiger partial charge in [0.2, 0.25) is 5.89 Å². The van der Waals surface area contributed by atoms with Crippen molar-refractivity contribution in [1.29, 1.82) is 0 Å².